The maximum absolute atomic E-state index is 12.4. The molecule has 1 aliphatic heterocycles. The molecule has 0 spiro atoms. The first-order chi connectivity index (χ1) is 12.8. The van der Waals surface area contributed by atoms with Gasteiger partial charge in [0.15, 0.2) is 0 Å². The Morgan fingerprint density at radius 1 is 1.22 bits per heavy atom. The van der Waals surface area contributed by atoms with E-state index in [1.54, 1.807) is 11.3 Å². The van der Waals surface area contributed by atoms with Gasteiger partial charge in [0.2, 0.25) is 17.7 Å². The van der Waals surface area contributed by atoms with Crippen LogP contribution in [0.15, 0.2) is 11.4 Å². The van der Waals surface area contributed by atoms with E-state index in [9.17, 15) is 14.4 Å². The van der Waals surface area contributed by atoms with Gasteiger partial charge < -0.3 is 15.5 Å². The largest absolute Gasteiger partial charge is 0.354 e. The lowest BCUT2D eigenvalue weighted by Crippen LogP contribution is -2.50. The maximum Gasteiger partial charge on any atom is 0.242 e. The first-order valence-electron chi connectivity index (χ1n) is 9.68. The molecule has 7 heteroatoms. The standard InChI is InChI=1S/C20H31N3O3S/c1-13(2)11-17(24)22-19(14(3)4)20(26)21-8-5-18(25)23-9-6-16-15(12-23)7-10-27-16/h7,10,13-14,19H,5-6,8-9,11-12H2,1-4H3,(H,21,26)(H,22,24). The molecule has 2 heterocycles. The molecule has 0 radical (unpaired) electrons. The molecular weight excluding hydrogens is 362 g/mol. The highest BCUT2D eigenvalue weighted by molar-refractivity contribution is 7.10. The minimum absolute atomic E-state index is 0.0177. The van der Waals surface area contributed by atoms with Crippen molar-refractivity contribution in [3.63, 3.8) is 0 Å². The smallest absolute Gasteiger partial charge is 0.242 e. The number of hydrogen-bond donors (Lipinski definition) is 2. The molecule has 0 fully saturated rings. The van der Waals surface area contributed by atoms with E-state index in [1.807, 2.05) is 32.6 Å². The number of carbonyl (C=O) groups is 3. The fraction of sp³-hybridized carbons (Fsp3) is 0.650. The fourth-order valence-corrected chi connectivity index (χ4v) is 4.05. The second-order valence-corrected chi connectivity index (χ2v) is 8.86. The SMILES string of the molecule is CC(C)CC(=O)NC(C(=O)NCCC(=O)N1CCc2sccc2C1)C(C)C. The first-order valence-corrected chi connectivity index (χ1v) is 10.6. The number of thiophene rings is 1. The van der Waals surface area contributed by atoms with Gasteiger partial charge in [-0.15, -0.1) is 11.3 Å². The lowest BCUT2D eigenvalue weighted by Gasteiger charge is -2.27. The summed E-state index contributed by atoms with van der Waals surface area (Å²) in [6.07, 6.45) is 1.58. The molecule has 1 aromatic rings. The minimum atomic E-state index is -0.574. The Kier molecular flexibility index (Phi) is 7.83. The molecule has 0 saturated carbocycles. The van der Waals surface area contributed by atoms with Crippen LogP contribution in [0.25, 0.3) is 0 Å². The normalized spacial score (nSPS) is 14.8. The van der Waals surface area contributed by atoms with Crippen LogP contribution in [-0.4, -0.2) is 41.8 Å². The third kappa shape index (κ3) is 6.34. The van der Waals surface area contributed by atoms with E-state index < -0.39 is 6.04 Å². The summed E-state index contributed by atoms with van der Waals surface area (Å²) < 4.78 is 0. The van der Waals surface area contributed by atoms with Gasteiger partial charge in [0.05, 0.1) is 0 Å². The minimum Gasteiger partial charge on any atom is -0.354 e. The Morgan fingerprint density at radius 2 is 1.96 bits per heavy atom. The van der Waals surface area contributed by atoms with Crippen molar-refractivity contribution in [3.8, 4) is 0 Å². The van der Waals surface area contributed by atoms with Gasteiger partial charge in [0, 0.05) is 37.4 Å². The van der Waals surface area contributed by atoms with Crippen molar-refractivity contribution in [1.29, 1.82) is 0 Å². The molecule has 3 amide bonds. The topological polar surface area (TPSA) is 78.5 Å². The van der Waals surface area contributed by atoms with E-state index in [2.05, 4.69) is 22.1 Å². The van der Waals surface area contributed by atoms with Crippen LogP contribution < -0.4 is 10.6 Å². The summed E-state index contributed by atoms with van der Waals surface area (Å²) in [6.45, 7) is 9.42. The van der Waals surface area contributed by atoms with Gasteiger partial charge in [0.25, 0.3) is 0 Å². The average Bonchev–Trinajstić information content (AvgIpc) is 3.06. The number of nitrogens with one attached hydrogen (secondary N) is 2. The van der Waals surface area contributed by atoms with Crippen molar-refractivity contribution in [2.45, 2.75) is 59.5 Å². The summed E-state index contributed by atoms with van der Waals surface area (Å²) in [7, 11) is 0. The van der Waals surface area contributed by atoms with E-state index in [1.165, 1.54) is 10.4 Å². The number of rotatable bonds is 8. The highest BCUT2D eigenvalue weighted by Crippen LogP contribution is 2.24. The van der Waals surface area contributed by atoms with E-state index in [0.717, 1.165) is 13.0 Å². The Hall–Kier alpha value is -1.89. The van der Waals surface area contributed by atoms with Crippen LogP contribution in [0.3, 0.4) is 0 Å². The van der Waals surface area contributed by atoms with Crippen LogP contribution in [0, 0.1) is 11.8 Å². The van der Waals surface area contributed by atoms with Gasteiger partial charge in [-0.25, -0.2) is 0 Å². The average molecular weight is 394 g/mol. The lowest BCUT2D eigenvalue weighted by atomic mass is 10.0. The van der Waals surface area contributed by atoms with Crippen LogP contribution >= 0.6 is 11.3 Å². The van der Waals surface area contributed by atoms with Crippen molar-refractivity contribution in [3.05, 3.63) is 21.9 Å². The Balaban J connectivity index is 1.78. The van der Waals surface area contributed by atoms with Gasteiger partial charge in [-0.05, 0) is 35.3 Å². The summed E-state index contributed by atoms with van der Waals surface area (Å²) >= 11 is 1.75. The molecule has 0 aromatic carbocycles. The monoisotopic (exact) mass is 393 g/mol. The third-order valence-corrected chi connectivity index (χ3v) is 5.68. The number of nitrogens with zero attached hydrogens (tertiary/aromatic N) is 1. The quantitative estimate of drug-likeness (QED) is 0.711. The molecule has 6 nitrogen and oxygen atoms in total. The molecule has 1 aliphatic rings. The molecule has 0 bridgehead atoms. The zero-order valence-corrected chi connectivity index (χ0v) is 17.5. The third-order valence-electron chi connectivity index (χ3n) is 4.66. The van der Waals surface area contributed by atoms with E-state index >= 15 is 0 Å². The molecule has 27 heavy (non-hydrogen) atoms. The lowest BCUT2D eigenvalue weighted by molar-refractivity contribution is -0.133. The zero-order valence-electron chi connectivity index (χ0n) is 16.7. The van der Waals surface area contributed by atoms with Gasteiger partial charge >= 0.3 is 0 Å². The van der Waals surface area contributed by atoms with Crippen LogP contribution in [0.2, 0.25) is 0 Å². The second kappa shape index (κ2) is 9.88. The predicted molar refractivity (Wildman–Crippen MR) is 107 cm³/mol. The van der Waals surface area contributed by atoms with Gasteiger partial charge in [-0.3, -0.25) is 14.4 Å². The number of amides is 3. The van der Waals surface area contributed by atoms with E-state index in [4.69, 9.17) is 0 Å². The maximum atomic E-state index is 12.4. The molecular formula is C20H31N3O3S. The van der Waals surface area contributed by atoms with E-state index in [-0.39, 0.29) is 42.5 Å². The first kappa shape index (κ1) is 21.4. The molecule has 2 rings (SSSR count). The summed E-state index contributed by atoms with van der Waals surface area (Å²) in [5.41, 5.74) is 1.23. The van der Waals surface area contributed by atoms with Crippen molar-refractivity contribution < 1.29 is 14.4 Å². The zero-order chi connectivity index (χ0) is 20.0. The van der Waals surface area contributed by atoms with Crippen LogP contribution in [-0.2, 0) is 27.3 Å². The number of carbonyl (C=O) groups excluding carboxylic acids is 3. The van der Waals surface area contributed by atoms with Gasteiger partial charge in [0.1, 0.15) is 6.04 Å². The summed E-state index contributed by atoms with van der Waals surface area (Å²) in [6, 6.07) is 1.50. The molecule has 1 unspecified atom stereocenters. The van der Waals surface area contributed by atoms with Crippen molar-refractivity contribution in [1.82, 2.24) is 15.5 Å². The summed E-state index contributed by atoms with van der Waals surface area (Å²) in [5, 5.41) is 7.69. The number of fused-ring (bicyclic) bond motifs is 1. The molecule has 2 N–H and O–H groups in total. The molecule has 0 saturated heterocycles. The van der Waals surface area contributed by atoms with Gasteiger partial charge in [-0.2, -0.15) is 0 Å². The predicted octanol–water partition coefficient (Wildman–Crippen LogP) is 2.33. The fourth-order valence-electron chi connectivity index (χ4n) is 3.16. The van der Waals surface area contributed by atoms with E-state index in [0.29, 0.717) is 13.0 Å². The Morgan fingerprint density at radius 3 is 2.63 bits per heavy atom. The van der Waals surface area contributed by atoms with Crippen molar-refractivity contribution >= 4 is 29.1 Å². The molecule has 0 aliphatic carbocycles. The van der Waals surface area contributed by atoms with Crippen LogP contribution in [0.5, 0.6) is 0 Å². The number of hydrogen-bond acceptors (Lipinski definition) is 4. The van der Waals surface area contributed by atoms with Crippen molar-refractivity contribution in [2.24, 2.45) is 11.8 Å². The molecule has 1 aromatic heterocycles. The van der Waals surface area contributed by atoms with Crippen LogP contribution in [0.4, 0.5) is 0 Å². The van der Waals surface area contributed by atoms with Gasteiger partial charge in [-0.1, -0.05) is 27.7 Å². The Labute approximate surface area is 165 Å². The second-order valence-electron chi connectivity index (χ2n) is 7.86. The highest BCUT2D eigenvalue weighted by Gasteiger charge is 2.25. The highest BCUT2D eigenvalue weighted by atomic mass is 32.1. The van der Waals surface area contributed by atoms with Crippen LogP contribution in [0.1, 0.15) is 51.0 Å². The molecule has 1 atom stereocenters. The summed E-state index contributed by atoms with van der Waals surface area (Å²) in [5.74, 6) is -0.0664. The van der Waals surface area contributed by atoms with Crippen molar-refractivity contribution in [2.75, 3.05) is 13.1 Å². The Bertz CT molecular complexity index is 669. The molecule has 150 valence electrons. The summed E-state index contributed by atoms with van der Waals surface area (Å²) in [4.78, 5) is 40.1.